The van der Waals surface area contributed by atoms with E-state index in [9.17, 15) is 9.90 Å². The summed E-state index contributed by atoms with van der Waals surface area (Å²) in [4.78, 5) is 15.6. The minimum absolute atomic E-state index is 0.0890. The van der Waals surface area contributed by atoms with Crippen LogP contribution in [-0.2, 0) is 17.9 Å². The van der Waals surface area contributed by atoms with Crippen molar-refractivity contribution in [3.63, 3.8) is 0 Å². The number of pyridine rings is 1. The van der Waals surface area contributed by atoms with Crippen molar-refractivity contribution in [3.8, 4) is 17.2 Å². The molecule has 0 atom stereocenters. The van der Waals surface area contributed by atoms with Gasteiger partial charge in [-0.3, -0.25) is 4.79 Å². The number of hydrogen-bond donors (Lipinski definition) is 2. The number of nitrogens with zero attached hydrogens (tertiary/aromatic N) is 1. The third-order valence-electron chi connectivity index (χ3n) is 3.98. The van der Waals surface area contributed by atoms with Gasteiger partial charge in [0.15, 0.2) is 11.5 Å². The second kappa shape index (κ2) is 8.26. The molecule has 1 heterocycles. The van der Waals surface area contributed by atoms with E-state index < -0.39 is 0 Å². The molecule has 0 radical (unpaired) electrons. The van der Waals surface area contributed by atoms with Crippen molar-refractivity contribution in [3.05, 3.63) is 58.2 Å². The highest BCUT2D eigenvalue weighted by Gasteiger charge is 2.10. The number of benzene rings is 2. The summed E-state index contributed by atoms with van der Waals surface area (Å²) < 4.78 is 11.8. The van der Waals surface area contributed by atoms with E-state index in [1.807, 2.05) is 30.3 Å². The largest absolute Gasteiger partial charge is 0.507 e. The number of aromatic hydroxyl groups is 1. The van der Waals surface area contributed by atoms with Crippen LogP contribution in [0.1, 0.15) is 18.2 Å². The number of hydrogen-bond acceptors (Lipinski definition) is 5. The molecule has 0 saturated heterocycles. The Hall–Kier alpha value is -2.80. The minimum atomic E-state index is -0.0890. The average molecular weight is 431 g/mol. The van der Waals surface area contributed by atoms with Crippen LogP contribution in [0.25, 0.3) is 10.9 Å². The Morgan fingerprint density at radius 3 is 2.70 bits per heavy atom. The minimum Gasteiger partial charge on any atom is -0.507 e. The molecule has 27 heavy (non-hydrogen) atoms. The summed E-state index contributed by atoms with van der Waals surface area (Å²) in [5, 5.41) is 13.5. The zero-order chi connectivity index (χ0) is 19.4. The first kappa shape index (κ1) is 19.0. The Morgan fingerprint density at radius 1 is 1.19 bits per heavy atom. The van der Waals surface area contributed by atoms with Crippen LogP contribution < -0.4 is 14.8 Å². The van der Waals surface area contributed by atoms with Crippen LogP contribution in [0.4, 0.5) is 0 Å². The molecule has 3 aromatic rings. The van der Waals surface area contributed by atoms with E-state index in [-0.39, 0.29) is 18.3 Å². The molecule has 0 unspecified atom stereocenters. The normalized spacial score (nSPS) is 10.6. The molecule has 2 aromatic carbocycles. The van der Waals surface area contributed by atoms with Gasteiger partial charge >= 0.3 is 0 Å². The van der Waals surface area contributed by atoms with Gasteiger partial charge in [0.2, 0.25) is 5.91 Å². The van der Waals surface area contributed by atoms with E-state index >= 15 is 0 Å². The van der Waals surface area contributed by atoms with Crippen molar-refractivity contribution < 1.29 is 19.4 Å². The van der Waals surface area contributed by atoms with Crippen LogP contribution >= 0.6 is 15.9 Å². The number of amides is 1. The van der Waals surface area contributed by atoms with E-state index in [1.54, 1.807) is 19.2 Å². The molecule has 0 aliphatic heterocycles. The molecule has 0 spiro atoms. The molecule has 0 saturated carbocycles. The highest BCUT2D eigenvalue weighted by atomic mass is 79.9. The summed E-state index contributed by atoms with van der Waals surface area (Å²) in [7, 11) is 1.57. The predicted molar refractivity (Wildman–Crippen MR) is 106 cm³/mol. The first-order valence-corrected chi connectivity index (χ1v) is 9.08. The molecule has 1 amide bonds. The standard InChI is InChI=1S/C20H19BrN2O4/c1-12(24)22-10-13-3-8-17(18(9-13)26-2)27-11-15-6-4-14-5-7-16(25)19(21)20(14)23-15/h3-9,25H,10-11H2,1-2H3,(H,22,24). The lowest BCUT2D eigenvalue weighted by Gasteiger charge is -2.13. The maximum Gasteiger partial charge on any atom is 0.217 e. The summed E-state index contributed by atoms with van der Waals surface area (Å²) in [5.74, 6) is 1.22. The van der Waals surface area contributed by atoms with E-state index in [2.05, 4.69) is 26.2 Å². The first-order valence-electron chi connectivity index (χ1n) is 8.29. The fourth-order valence-corrected chi connectivity index (χ4v) is 3.03. The lowest BCUT2D eigenvalue weighted by Crippen LogP contribution is -2.18. The first-order chi connectivity index (χ1) is 13.0. The number of carbonyl (C=O) groups excluding carboxylic acids is 1. The van der Waals surface area contributed by atoms with Crippen LogP contribution in [0.3, 0.4) is 0 Å². The van der Waals surface area contributed by atoms with Gasteiger partial charge in [0, 0.05) is 18.9 Å². The highest BCUT2D eigenvalue weighted by Crippen LogP contribution is 2.32. The van der Waals surface area contributed by atoms with Crippen LogP contribution in [-0.4, -0.2) is 23.1 Å². The van der Waals surface area contributed by atoms with Crippen LogP contribution in [0, 0.1) is 0 Å². The number of halogens is 1. The van der Waals surface area contributed by atoms with E-state index in [0.717, 1.165) is 16.6 Å². The summed E-state index contributed by atoms with van der Waals surface area (Å²) in [6, 6.07) is 12.7. The topological polar surface area (TPSA) is 80.7 Å². The van der Waals surface area contributed by atoms with Crippen molar-refractivity contribution in [2.45, 2.75) is 20.1 Å². The van der Waals surface area contributed by atoms with Gasteiger partial charge < -0.3 is 19.9 Å². The fraction of sp³-hybridized carbons (Fsp3) is 0.200. The Kier molecular flexibility index (Phi) is 5.81. The van der Waals surface area contributed by atoms with Crippen molar-refractivity contribution in [2.24, 2.45) is 0 Å². The molecule has 140 valence electrons. The molecular formula is C20H19BrN2O4. The van der Waals surface area contributed by atoms with Gasteiger partial charge in [0.1, 0.15) is 12.4 Å². The summed E-state index contributed by atoms with van der Waals surface area (Å²) >= 11 is 3.36. The molecule has 0 aliphatic rings. The molecule has 3 rings (SSSR count). The predicted octanol–water partition coefficient (Wildman–Crippen LogP) is 3.93. The second-order valence-corrected chi connectivity index (χ2v) is 6.75. The van der Waals surface area contributed by atoms with E-state index in [1.165, 1.54) is 6.92 Å². The Morgan fingerprint density at radius 2 is 1.96 bits per heavy atom. The summed E-state index contributed by atoms with van der Waals surface area (Å²) in [5.41, 5.74) is 2.31. The summed E-state index contributed by atoms with van der Waals surface area (Å²) in [6.45, 7) is 2.15. The van der Waals surface area contributed by atoms with Crippen molar-refractivity contribution in [1.29, 1.82) is 0 Å². The Balaban J connectivity index is 1.77. The van der Waals surface area contributed by atoms with Crippen molar-refractivity contribution in [1.82, 2.24) is 10.3 Å². The average Bonchev–Trinajstić information content (AvgIpc) is 2.68. The SMILES string of the molecule is COc1cc(CNC(C)=O)ccc1OCc1ccc2ccc(O)c(Br)c2n1. The van der Waals surface area contributed by atoms with Gasteiger partial charge in [-0.1, -0.05) is 12.1 Å². The number of rotatable bonds is 6. The lowest BCUT2D eigenvalue weighted by atomic mass is 10.2. The zero-order valence-corrected chi connectivity index (χ0v) is 16.5. The van der Waals surface area contributed by atoms with Crippen molar-refractivity contribution in [2.75, 3.05) is 7.11 Å². The molecule has 0 bridgehead atoms. The number of fused-ring (bicyclic) bond motifs is 1. The van der Waals surface area contributed by atoms with Gasteiger partial charge in [-0.15, -0.1) is 0 Å². The van der Waals surface area contributed by atoms with Crippen LogP contribution in [0.2, 0.25) is 0 Å². The lowest BCUT2D eigenvalue weighted by molar-refractivity contribution is -0.119. The molecule has 2 N–H and O–H groups in total. The van der Waals surface area contributed by atoms with Gasteiger partial charge in [0.05, 0.1) is 22.8 Å². The number of nitrogens with one attached hydrogen (secondary N) is 1. The molecule has 1 aromatic heterocycles. The molecular weight excluding hydrogens is 412 g/mol. The quantitative estimate of drug-likeness (QED) is 0.619. The van der Waals surface area contributed by atoms with Gasteiger partial charge in [-0.2, -0.15) is 0 Å². The number of aromatic nitrogens is 1. The number of phenolic OH excluding ortho intramolecular Hbond substituents is 1. The van der Waals surface area contributed by atoms with Crippen LogP contribution in [0.15, 0.2) is 46.9 Å². The van der Waals surface area contributed by atoms with E-state index in [0.29, 0.717) is 28.0 Å². The van der Waals surface area contributed by atoms with Gasteiger partial charge in [0.25, 0.3) is 0 Å². The number of phenols is 1. The summed E-state index contributed by atoms with van der Waals surface area (Å²) in [6.07, 6.45) is 0. The number of ether oxygens (including phenoxy) is 2. The molecule has 7 heteroatoms. The van der Waals surface area contributed by atoms with Gasteiger partial charge in [-0.05, 0) is 51.8 Å². The van der Waals surface area contributed by atoms with E-state index in [4.69, 9.17) is 9.47 Å². The maximum absolute atomic E-state index is 11.0. The Bertz CT molecular complexity index is 991. The van der Waals surface area contributed by atoms with Crippen molar-refractivity contribution >= 4 is 32.7 Å². The zero-order valence-electron chi connectivity index (χ0n) is 15.0. The number of methoxy groups -OCH3 is 1. The third kappa shape index (κ3) is 4.49. The monoisotopic (exact) mass is 430 g/mol. The number of carbonyl (C=O) groups is 1. The third-order valence-corrected chi connectivity index (χ3v) is 4.76. The molecule has 0 aliphatic carbocycles. The van der Waals surface area contributed by atoms with Gasteiger partial charge in [-0.25, -0.2) is 4.98 Å². The molecule has 6 nitrogen and oxygen atoms in total. The fourth-order valence-electron chi connectivity index (χ4n) is 2.58. The Labute approximate surface area is 165 Å². The smallest absolute Gasteiger partial charge is 0.217 e. The second-order valence-electron chi connectivity index (χ2n) is 5.96. The maximum atomic E-state index is 11.0. The molecule has 0 fully saturated rings. The highest BCUT2D eigenvalue weighted by molar-refractivity contribution is 9.10. The van der Waals surface area contributed by atoms with Crippen LogP contribution in [0.5, 0.6) is 17.2 Å².